The molecule has 5 nitrogen and oxygen atoms in total. The van der Waals surface area contributed by atoms with Crippen LogP contribution in [-0.4, -0.2) is 28.5 Å². The van der Waals surface area contributed by atoms with Gasteiger partial charge in [-0.25, -0.2) is 0 Å². The maximum absolute atomic E-state index is 12.9. The summed E-state index contributed by atoms with van der Waals surface area (Å²) in [6, 6.07) is 16.2. The number of carbonyl (C=O) groups excluding carboxylic acids is 1. The van der Waals surface area contributed by atoms with Crippen molar-refractivity contribution in [2.45, 2.75) is 37.6 Å². The predicted molar refractivity (Wildman–Crippen MR) is 137 cm³/mol. The van der Waals surface area contributed by atoms with Crippen LogP contribution < -0.4 is 5.32 Å². The van der Waals surface area contributed by atoms with E-state index in [4.69, 9.17) is 21.1 Å². The quantitative estimate of drug-likeness (QED) is 0.325. The number of hydrogen-bond acceptors (Lipinski definition) is 4. The number of halogens is 1. The molecule has 1 aliphatic carbocycles. The van der Waals surface area contributed by atoms with Crippen LogP contribution in [0.15, 0.2) is 64.0 Å². The van der Waals surface area contributed by atoms with E-state index in [1.807, 2.05) is 35.9 Å². The summed E-state index contributed by atoms with van der Waals surface area (Å²) in [5.74, 6) is 1.07. The molecule has 7 heteroatoms. The first-order valence-electron chi connectivity index (χ1n) is 11.4. The fraction of sp³-hybridized carbons (Fsp3) is 0.259. The highest BCUT2D eigenvalue weighted by atomic mass is 35.5. The van der Waals surface area contributed by atoms with Gasteiger partial charge < -0.3 is 9.73 Å². The second-order valence-corrected chi connectivity index (χ2v) is 9.85. The van der Waals surface area contributed by atoms with Crippen molar-refractivity contribution >= 4 is 29.3 Å². The number of amides is 1. The molecule has 1 aliphatic rings. The van der Waals surface area contributed by atoms with Gasteiger partial charge in [-0.05, 0) is 67.0 Å². The number of carbonyl (C=O) groups is 1. The first kappa shape index (κ1) is 22.8. The van der Waals surface area contributed by atoms with Crippen LogP contribution >= 0.6 is 23.4 Å². The monoisotopic (exact) mass is 491 g/mol. The normalized spacial score (nSPS) is 12.3. The zero-order valence-electron chi connectivity index (χ0n) is 19.2. The Kier molecular flexibility index (Phi) is 6.53. The maximum atomic E-state index is 12.9. The van der Waals surface area contributed by atoms with Crippen molar-refractivity contribution in [2.75, 3.05) is 12.8 Å². The van der Waals surface area contributed by atoms with Crippen LogP contribution in [0.5, 0.6) is 0 Å². The van der Waals surface area contributed by atoms with Gasteiger partial charge in [-0.15, -0.1) is 11.8 Å². The Hall–Kier alpha value is -2.96. The fourth-order valence-electron chi connectivity index (χ4n) is 4.43. The van der Waals surface area contributed by atoms with E-state index in [0.717, 1.165) is 52.4 Å². The molecule has 2 aromatic heterocycles. The minimum Gasteiger partial charge on any atom is -0.455 e. The highest BCUT2D eigenvalue weighted by molar-refractivity contribution is 7.98. The summed E-state index contributed by atoms with van der Waals surface area (Å²) < 4.78 is 8.01. The van der Waals surface area contributed by atoms with Crippen molar-refractivity contribution in [3.05, 3.63) is 93.5 Å². The molecule has 0 bridgehead atoms. The average molecular weight is 492 g/mol. The number of rotatable bonds is 7. The van der Waals surface area contributed by atoms with Gasteiger partial charge in [0.05, 0.1) is 12.2 Å². The van der Waals surface area contributed by atoms with Crippen molar-refractivity contribution in [3.63, 3.8) is 0 Å². The largest absolute Gasteiger partial charge is 0.455 e. The van der Waals surface area contributed by atoms with Crippen molar-refractivity contribution in [2.24, 2.45) is 0 Å². The van der Waals surface area contributed by atoms with E-state index in [2.05, 4.69) is 42.0 Å². The fourth-order valence-corrected chi connectivity index (χ4v) is 4.97. The lowest BCUT2D eigenvalue weighted by Gasteiger charge is -2.09. The van der Waals surface area contributed by atoms with Crippen LogP contribution in [0.2, 0.25) is 5.02 Å². The number of furan rings is 1. The molecule has 0 atom stereocenters. The summed E-state index contributed by atoms with van der Waals surface area (Å²) in [7, 11) is 0. The predicted octanol–water partition coefficient (Wildman–Crippen LogP) is 5.95. The van der Waals surface area contributed by atoms with Crippen molar-refractivity contribution in [1.82, 2.24) is 15.1 Å². The number of benzene rings is 2. The van der Waals surface area contributed by atoms with Crippen LogP contribution in [0, 0.1) is 6.92 Å². The van der Waals surface area contributed by atoms with Gasteiger partial charge in [-0.3, -0.25) is 9.48 Å². The highest BCUT2D eigenvalue weighted by Gasteiger charge is 2.29. The minimum absolute atomic E-state index is 0.171. The molecule has 1 amide bonds. The molecule has 0 spiro atoms. The van der Waals surface area contributed by atoms with E-state index in [1.165, 1.54) is 16.0 Å². The lowest BCUT2D eigenvalue weighted by atomic mass is 9.93. The van der Waals surface area contributed by atoms with Crippen LogP contribution in [0.1, 0.15) is 38.6 Å². The molecule has 1 N–H and O–H groups in total. The Labute approximate surface area is 208 Å². The molecule has 2 aromatic carbocycles. The Balaban J connectivity index is 1.30. The summed E-state index contributed by atoms with van der Waals surface area (Å²) in [5.41, 5.74) is 6.26. The molecule has 4 aromatic rings. The van der Waals surface area contributed by atoms with Gasteiger partial charge in [-0.2, -0.15) is 5.10 Å². The van der Waals surface area contributed by atoms with Gasteiger partial charge in [0.25, 0.3) is 5.91 Å². The zero-order chi connectivity index (χ0) is 23.7. The Morgan fingerprint density at radius 1 is 1.12 bits per heavy atom. The first-order valence-corrected chi connectivity index (χ1v) is 13.0. The van der Waals surface area contributed by atoms with Crippen molar-refractivity contribution < 1.29 is 9.21 Å². The van der Waals surface area contributed by atoms with E-state index < -0.39 is 0 Å². The highest BCUT2D eigenvalue weighted by Crippen LogP contribution is 2.38. The second-order valence-electron chi connectivity index (χ2n) is 8.54. The maximum Gasteiger partial charge on any atom is 0.287 e. The average Bonchev–Trinajstić information content (AvgIpc) is 3.41. The van der Waals surface area contributed by atoms with E-state index in [9.17, 15) is 4.79 Å². The lowest BCUT2D eigenvalue weighted by Crippen LogP contribution is -2.25. The molecule has 0 unspecified atom stereocenters. The number of thioether (sulfide) groups is 1. The first-order chi connectivity index (χ1) is 16.5. The van der Waals surface area contributed by atoms with Gasteiger partial charge >= 0.3 is 0 Å². The van der Waals surface area contributed by atoms with Crippen LogP contribution in [0.25, 0.3) is 11.3 Å². The van der Waals surface area contributed by atoms with E-state index in [-0.39, 0.29) is 5.91 Å². The standard InChI is InChI=1S/C27H26ClN3O2S/c1-17-24-23(33-26(17)27(32)29-14-13-18-5-10-22(34-2)11-6-18)12-7-20-16-31(30-25(20)24)15-19-3-8-21(28)9-4-19/h3-6,8-11,16H,7,12-15H2,1-2H3,(H,29,32). The third kappa shape index (κ3) is 4.65. The van der Waals surface area contributed by atoms with E-state index in [1.54, 1.807) is 11.8 Å². The number of aryl methyl sites for hydroxylation is 2. The molecular formula is C27H26ClN3O2S. The van der Waals surface area contributed by atoms with Crippen LogP contribution in [-0.2, 0) is 25.8 Å². The smallest absolute Gasteiger partial charge is 0.287 e. The Morgan fingerprint density at radius 2 is 1.85 bits per heavy atom. The lowest BCUT2D eigenvalue weighted by molar-refractivity contribution is 0.0924. The van der Waals surface area contributed by atoms with Gasteiger partial charge in [0.15, 0.2) is 5.76 Å². The number of hydrogen-bond donors (Lipinski definition) is 1. The Bertz CT molecular complexity index is 1320. The van der Waals surface area contributed by atoms with E-state index in [0.29, 0.717) is 18.8 Å². The van der Waals surface area contributed by atoms with Crippen LogP contribution in [0.3, 0.4) is 0 Å². The molecule has 0 fully saturated rings. The molecule has 0 saturated heterocycles. The molecule has 34 heavy (non-hydrogen) atoms. The summed E-state index contributed by atoms with van der Waals surface area (Å²) in [6.07, 6.45) is 6.56. The molecule has 2 heterocycles. The second kappa shape index (κ2) is 9.72. The van der Waals surface area contributed by atoms with Gasteiger partial charge in [-0.1, -0.05) is 35.9 Å². The molecule has 5 rings (SSSR count). The van der Waals surface area contributed by atoms with Crippen molar-refractivity contribution in [3.8, 4) is 11.3 Å². The molecule has 0 saturated carbocycles. The number of nitrogens with one attached hydrogen (secondary N) is 1. The summed E-state index contributed by atoms with van der Waals surface area (Å²) in [5, 5.41) is 8.59. The van der Waals surface area contributed by atoms with Gasteiger partial charge in [0.1, 0.15) is 5.76 Å². The summed E-state index contributed by atoms with van der Waals surface area (Å²) in [4.78, 5) is 14.2. The molecule has 174 valence electrons. The topological polar surface area (TPSA) is 60.1 Å². The third-order valence-electron chi connectivity index (χ3n) is 6.24. The Morgan fingerprint density at radius 3 is 2.59 bits per heavy atom. The van der Waals surface area contributed by atoms with Gasteiger partial charge in [0, 0.05) is 40.2 Å². The van der Waals surface area contributed by atoms with Crippen molar-refractivity contribution in [1.29, 1.82) is 0 Å². The van der Waals surface area contributed by atoms with Gasteiger partial charge in [0.2, 0.25) is 0 Å². The number of aromatic nitrogens is 2. The molecule has 0 radical (unpaired) electrons. The number of fused-ring (bicyclic) bond motifs is 3. The molecular weight excluding hydrogens is 466 g/mol. The summed E-state index contributed by atoms with van der Waals surface area (Å²) >= 11 is 7.73. The summed E-state index contributed by atoms with van der Waals surface area (Å²) in [6.45, 7) is 3.18. The minimum atomic E-state index is -0.171. The van der Waals surface area contributed by atoms with Crippen LogP contribution in [0.4, 0.5) is 0 Å². The SMILES string of the molecule is CSc1ccc(CCNC(=O)c2oc3c(c2C)-c2nn(Cc4ccc(Cl)cc4)cc2CC3)cc1. The third-order valence-corrected chi connectivity index (χ3v) is 7.23. The van der Waals surface area contributed by atoms with E-state index >= 15 is 0 Å². The number of nitrogens with zero attached hydrogens (tertiary/aromatic N) is 2. The molecule has 0 aliphatic heterocycles. The zero-order valence-corrected chi connectivity index (χ0v) is 20.8.